The summed E-state index contributed by atoms with van der Waals surface area (Å²) in [6.45, 7) is 0. The summed E-state index contributed by atoms with van der Waals surface area (Å²) in [6, 6.07) is 14.0. The third kappa shape index (κ3) is 2.46. The molecule has 0 amide bonds. The van der Waals surface area contributed by atoms with E-state index < -0.39 is 9.84 Å². The SMILES string of the molecule is O=S(=O)(Cc1ccccc1)c1ccccn1. The molecule has 2 rings (SSSR count). The third-order valence-corrected chi connectivity index (χ3v) is 3.75. The van der Waals surface area contributed by atoms with Gasteiger partial charge in [-0.1, -0.05) is 36.4 Å². The van der Waals surface area contributed by atoms with E-state index in [1.807, 2.05) is 18.2 Å². The van der Waals surface area contributed by atoms with Gasteiger partial charge in [0.15, 0.2) is 14.9 Å². The maximum absolute atomic E-state index is 11.9. The first-order valence-electron chi connectivity index (χ1n) is 4.86. The Morgan fingerprint density at radius 2 is 1.62 bits per heavy atom. The van der Waals surface area contributed by atoms with Crippen molar-refractivity contribution in [1.82, 2.24) is 4.98 Å². The molecular weight excluding hydrogens is 222 g/mol. The van der Waals surface area contributed by atoms with Crippen molar-refractivity contribution in [1.29, 1.82) is 0 Å². The standard InChI is InChI=1S/C12H11NO2S/c14-16(15,12-8-4-5-9-13-12)10-11-6-2-1-3-7-11/h1-9H,10H2. The van der Waals surface area contributed by atoms with Crippen LogP contribution in [-0.4, -0.2) is 13.4 Å². The Morgan fingerprint density at radius 3 is 2.25 bits per heavy atom. The number of rotatable bonds is 3. The van der Waals surface area contributed by atoms with Crippen molar-refractivity contribution < 1.29 is 8.42 Å². The van der Waals surface area contributed by atoms with Crippen LogP contribution in [-0.2, 0) is 15.6 Å². The Kier molecular flexibility index (Phi) is 3.01. The lowest BCUT2D eigenvalue weighted by molar-refractivity contribution is 0.591. The van der Waals surface area contributed by atoms with Crippen LogP contribution < -0.4 is 0 Å². The number of hydrogen-bond donors (Lipinski definition) is 0. The minimum Gasteiger partial charge on any atom is -0.245 e. The quantitative estimate of drug-likeness (QED) is 0.815. The van der Waals surface area contributed by atoms with Crippen LogP contribution in [0.3, 0.4) is 0 Å². The molecule has 0 aliphatic rings. The molecule has 1 aromatic carbocycles. The number of nitrogens with zero attached hydrogens (tertiary/aromatic N) is 1. The van der Waals surface area contributed by atoms with Gasteiger partial charge in [-0.25, -0.2) is 13.4 Å². The van der Waals surface area contributed by atoms with Gasteiger partial charge in [0.2, 0.25) is 0 Å². The Bertz CT molecular complexity index is 550. The minimum atomic E-state index is -3.32. The smallest absolute Gasteiger partial charge is 0.199 e. The average Bonchev–Trinajstić information content (AvgIpc) is 2.31. The van der Waals surface area contributed by atoms with E-state index in [0.29, 0.717) is 0 Å². The number of hydrogen-bond acceptors (Lipinski definition) is 3. The second kappa shape index (κ2) is 4.45. The van der Waals surface area contributed by atoms with Crippen molar-refractivity contribution in [3.8, 4) is 0 Å². The van der Waals surface area contributed by atoms with Crippen molar-refractivity contribution in [3.63, 3.8) is 0 Å². The van der Waals surface area contributed by atoms with Crippen molar-refractivity contribution in [3.05, 3.63) is 60.3 Å². The van der Waals surface area contributed by atoms with Crippen LogP contribution in [0.1, 0.15) is 5.56 Å². The molecule has 82 valence electrons. The Morgan fingerprint density at radius 1 is 0.938 bits per heavy atom. The van der Waals surface area contributed by atoms with E-state index in [9.17, 15) is 8.42 Å². The van der Waals surface area contributed by atoms with Crippen LogP contribution in [0.2, 0.25) is 0 Å². The van der Waals surface area contributed by atoms with Gasteiger partial charge in [0.05, 0.1) is 5.75 Å². The molecule has 0 aliphatic heterocycles. The zero-order valence-electron chi connectivity index (χ0n) is 8.58. The second-order valence-corrected chi connectivity index (χ2v) is 5.35. The second-order valence-electron chi connectivity index (χ2n) is 3.41. The lowest BCUT2D eigenvalue weighted by Gasteiger charge is -2.02. The molecule has 0 N–H and O–H groups in total. The summed E-state index contributed by atoms with van der Waals surface area (Å²) >= 11 is 0. The number of benzene rings is 1. The lowest BCUT2D eigenvalue weighted by Crippen LogP contribution is -2.06. The van der Waals surface area contributed by atoms with Crippen molar-refractivity contribution in [2.45, 2.75) is 10.8 Å². The third-order valence-electron chi connectivity index (χ3n) is 2.16. The Hall–Kier alpha value is -1.68. The molecule has 2 aromatic rings. The van der Waals surface area contributed by atoms with Gasteiger partial charge >= 0.3 is 0 Å². The van der Waals surface area contributed by atoms with Gasteiger partial charge in [-0.3, -0.25) is 0 Å². The molecule has 0 aliphatic carbocycles. The normalized spacial score (nSPS) is 11.2. The predicted molar refractivity (Wildman–Crippen MR) is 61.6 cm³/mol. The first-order chi connectivity index (χ1) is 7.68. The summed E-state index contributed by atoms with van der Waals surface area (Å²) in [4.78, 5) is 3.86. The van der Waals surface area contributed by atoms with E-state index in [-0.39, 0.29) is 10.8 Å². The monoisotopic (exact) mass is 233 g/mol. The van der Waals surface area contributed by atoms with E-state index in [4.69, 9.17) is 0 Å². The van der Waals surface area contributed by atoms with Gasteiger partial charge in [-0.05, 0) is 17.7 Å². The van der Waals surface area contributed by atoms with Crippen LogP contribution in [0.5, 0.6) is 0 Å². The van der Waals surface area contributed by atoms with E-state index in [2.05, 4.69) is 4.98 Å². The van der Waals surface area contributed by atoms with Crippen LogP contribution in [0.25, 0.3) is 0 Å². The van der Waals surface area contributed by atoms with Crippen LogP contribution in [0.4, 0.5) is 0 Å². The molecule has 0 atom stereocenters. The highest BCUT2D eigenvalue weighted by molar-refractivity contribution is 7.90. The first-order valence-corrected chi connectivity index (χ1v) is 6.51. The van der Waals surface area contributed by atoms with Crippen LogP contribution >= 0.6 is 0 Å². The largest absolute Gasteiger partial charge is 0.245 e. The molecule has 4 heteroatoms. The van der Waals surface area contributed by atoms with E-state index >= 15 is 0 Å². The Labute approximate surface area is 94.7 Å². The zero-order valence-corrected chi connectivity index (χ0v) is 9.39. The summed E-state index contributed by atoms with van der Waals surface area (Å²) in [7, 11) is -3.32. The van der Waals surface area contributed by atoms with Gasteiger partial charge in [0.25, 0.3) is 0 Å². The summed E-state index contributed by atoms with van der Waals surface area (Å²) in [5.41, 5.74) is 0.771. The fourth-order valence-electron chi connectivity index (χ4n) is 1.40. The summed E-state index contributed by atoms with van der Waals surface area (Å²) in [5.74, 6) is -0.00907. The molecule has 1 aromatic heterocycles. The minimum absolute atomic E-state index is 0.00907. The van der Waals surface area contributed by atoms with Crippen molar-refractivity contribution in [2.75, 3.05) is 0 Å². The molecular formula is C12H11NO2S. The maximum Gasteiger partial charge on any atom is 0.199 e. The molecule has 0 saturated carbocycles. The van der Waals surface area contributed by atoms with Crippen molar-refractivity contribution in [2.24, 2.45) is 0 Å². The summed E-state index contributed by atoms with van der Waals surface area (Å²) in [6.07, 6.45) is 1.48. The van der Waals surface area contributed by atoms with E-state index in [1.165, 1.54) is 12.3 Å². The number of aromatic nitrogens is 1. The number of pyridine rings is 1. The van der Waals surface area contributed by atoms with Crippen LogP contribution in [0, 0.1) is 0 Å². The van der Waals surface area contributed by atoms with Gasteiger partial charge in [0.1, 0.15) is 0 Å². The molecule has 1 heterocycles. The Balaban J connectivity index is 2.29. The lowest BCUT2D eigenvalue weighted by atomic mass is 10.2. The highest BCUT2D eigenvalue weighted by atomic mass is 32.2. The van der Waals surface area contributed by atoms with Crippen molar-refractivity contribution >= 4 is 9.84 Å². The van der Waals surface area contributed by atoms with E-state index in [0.717, 1.165) is 5.56 Å². The number of sulfone groups is 1. The topological polar surface area (TPSA) is 47.0 Å². The average molecular weight is 233 g/mol. The van der Waals surface area contributed by atoms with Gasteiger partial charge in [-0.2, -0.15) is 0 Å². The fraction of sp³-hybridized carbons (Fsp3) is 0.0833. The molecule has 3 nitrogen and oxygen atoms in total. The van der Waals surface area contributed by atoms with Gasteiger partial charge in [-0.15, -0.1) is 0 Å². The predicted octanol–water partition coefficient (Wildman–Crippen LogP) is 2.06. The highest BCUT2D eigenvalue weighted by Crippen LogP contribution is 2.13. The van der Waals surface area contributed by atoms with Gasteiger partial charge in [0, 0.05) is 6.20 Å². The molecule has 0 saturated heterocycles. The summed E-state index contributed by atoms with van der Waals surface area (Å²) < 4.78 is 23.9. The molecule has 0 fully saturated rings. The van der Waals surface area contributed by atoms with Crippen LogP contribution in [0.15, 0.2) is 59.8 Å². The molecule has 0 bridgehead atoms. The maximum atomic E-state index is 11.9. The summed E-state index contributed by atoms with van der Waals surface area (Å²) in [5, 5.41) is 0.124. The first kappa shape index (κ1) is 10.8. The molecule has 0 radical (unpaired) electrons. The molecule has 0 spiro atoms. The molecule has 0 unspecified atom stereocenters. The highest BCUT2D eigenvalue weighted by Gasteiger charge is 2.15. The zero-order chi connectivity index (χ0) is 11.4. The molecule has 16 heavy (non-hydrogen) atoms. The van der Waals surface area contributed by atoms with Gasteiger partial charge < -0.3 is 0 Å². The fourth-order valence-corrected chi connectivity index (χ4v) is 2.69. The van der Waals surface area contributed by atoms with E-state index in [1.54, 1.807) is 24.3 Å².